The number of hydrogen-bond donors (Lipinski definition) is 3. The van der Waals surface area contributed by atoms with Crippen LogP contribution in [0.3, 0.4) is 0 Å². The highest BCUT2D eigenvalue weighted by molar-refractivity contribution is 6.36. The van der Waals surface area contributed by atoms with Crippen molar-refractivity contribution < 1.29 is 19.1 Å². The van der Waals surface area contributed by atoms with Crippen molar-refractivity contribution in [2.75, 3.05) is 33.1 Å². The summed E-state index contributed by atoms with van der Waals surface area (Å²) >= 11 is 7.13. The van der Waals surface area contributed by atoms with Crippen molar-refractivity contribution in [2.24, 2.45) is 5.92 Å². The molecule has 0 radical (unpaired) electrons. The fourth-order valence-electron chi connectivity index (χ4n) is 7.86. The molecule has 4 amide bonds. The fourth-order valence-corrected chi connectivity index (χ4v) is 8.19. The maximum Gasteiger partial charge on any atom is 0.315 e. The highest BCUT2D eigenvalue weighted by Gasteiger charge is 2.33. The van der Waals surface area contributed by atoms with Crippen molar-refractivity contribution in [1.29, 1.82) is 0 Å². The number of amides is 4. The van der Waals surface area contributed by atoms with Gasteiger partial charge in [-0.05, 0) is 85.6 Å². The maximum atomic E-state index is 13.3. The Labute approximate surface area is 351 Å². The van der Waals surface area contributed by atoms with E-state index in [2.05, 4.69) is 63.2 Å². The summed E-state index contributed by atoms with van der Waals surface area (Å²) in [5.74, 6) is 1.46. The fraction of sp³-hybridized carbons (Fsp3) is 0.489. The number of urea groups is 1. The van der Waals surface area contributed by atoms with Crippen LogP contribution >= 0.6 is 11.6 Å². The molecule has 3 unspecified atom stereocenters. The minimum atomic E-state index is -0.473. The molecule has 6 rings (SSSR count). The number of rotatable bonds is 12. The lowest BCUT2D eigenvalue weighted by Gasteiger charge is -2.38. The first-order chi connectivity index (χ1) is 27.8. The van der Waals surface area contributed by atoms with Crippen LogP contribution in [0.5, 0.6) is 5.88 Å². The molecular formula is C47H65ClN6O4. The van der Waals surface area contributed by atoms with Crippen LogP contribution in [0.25, 0.3) is 22.4 Å². The van der Waals surface area contributed by atoms with E-state index in [1.807, 2.05) is 50.2 Å². The Morgan fingerprint density at radius 1 is 1.10 bits per heavy atom. The van der Waals surface area contributed by atoms with E-state index in [1.54, 1.807) is 26.1 Å². The van der Waals surface area contributed by atoms with Crippen LogP contribution in [0, 0.1) is 5.92 Å². The van der Waals surface area contributed by atoms with Gasteiger partial charge >= 0.3 is 6.03 Å². The summed E-state index contributed by atoms with van der Waals surface area (Å²) in [7, 11) is 5.02. The maximum absolute atomic E-state index is 13.3. The van der Waals surface area contributed by atoms with Gasteiger partial charge in [0, 0.05) is 54.8 Å². The number of carbonyl (C=O) groups is 3. The van der Waals surface area contributed by atoms with Gasteiger partial charge in [-0.3, -0.25) is 14.5 Å². The molecule has 1 aromatic heterocycles. The van der Waals surface area contributed by atoms with Gasteiger partial charge in [0.05, 0.1) is 17.8 Å². The van der Waals surface area contributed by atoms with Gasteiger partial charge in [0.2, 0.25) is 5.88 Å². The number of halogens is 1. The van der Waals surface area contributed by atoms with E-state index in [9.17, 15) is 14.4 Å². The van der Waals surface area contributed by atoms with Crippen molar-refractivity contribution in [3.63, 3.8) is 0 Å². The highest BCUT2D eigenvalue weighted by atomic mass is 35.5. The predicted octanol–water partition coefficient (Wildman–Crippen LogP) is 10.5. The summed E-state index contributed by atoms with van der Waals surface area (Å²) < 4.78 is 5.69. The van der Waals surface area contributed by atoms with E-state index in [0.29, 0.717) is 34.7 Å². The summed E-state index contributed by atoms with van der Waals surface area (Å²) in [6, 6.07) is 13.8. The Bertz CT molecular complexity index is 2000. The Kier molecular flexibility index (Phi) is 16.4. The third kappa shape index (κ3) is 10.2. The molecule has 2 aromatic carbocycles. The molecule has 2 aliphatic heterocycles. The van der Waals surface area contributed by atoms with Gasteiger partial charge in [0.15, 0.2) is 0 Å². The number of carbonyl (C=O) groups excluding carboxylic acids is 3. The number of benzene rings is 2. The smallest absolute Gasteiger partial charge is 0.315 e. The summed E-state index contributed by atoms with van der Waals surface area (Å²) in [5.41, 5.74) is 7.51. The number of nitrogens with zero attached hydrogens (tertiary/aromatic N) is 3. The third-order valence-electron chi connectivity index (χ3n) is 11.8. The number of fused-ring (bicyclic) bond motifs is 1. The quantitative estimate of drug-likeness (QED) is 0.157. The Hall–Kier alpha value is -4.83. The number of aryl methyl sites for hydroxylation is 1. The van der Waals surface area contributed by atoms with E-state index in [4.69, 9.17) is 21.3 Å². The molecule has 58 heavy (non-hydrogen) atoms. The minimum absolute atomic E-state index is 0.00671. The number of ether oxygens (including phenoxy) is 1. The lowest BCUT2D eigenvalue weighted by atomic mass is 9.83. The molecule has 1 saturated heterocycles. The Morgan fingerprint density at radius 3 is 2.45 bits per heavy atom. The molecule has 3 N–H and O–H groups in total. The summed E-state index contributed by atoms with van der Waals surface area (Å²) in [6.07, 6.45) is 10.8. The lowest BCUT2D eigenvalue weighted by molar-refractivity contribution is -0.128. The first-order valence-electron chi connectivity index (χ1n) is 21.1. The zero-order chi connectivity index (χ0) is 42.7. The van der Waals surface area contributed by atoms with Gasteiger partial charge in [0.25, 0.3) is 11.8 Å². The second kappa shape index (κ2) is 20.7. The third-order valence-corrected chi connectivity index (χ3v) is 12.2. The molecule has 3 aromatic rings. The van der Waals surface area contributed by atoms with Crippen molar-refractivity contribution in [3.05, 3.63) is 88.4 Å². The van der Waals surface area contributed by atoms with Crippen LogP contribution in [-0.2, 0) is 22.4 Å². The largest absolute Gasteiger partial charge is 0.481 e. The number of nitrogens with one attached hydrogen (secondary N) is 3. The van der Waals surface area contributed by atoms with Crippen molar-refractivity contribution in [3.8, 4) is 28.3 Å². The van der Waals surface area contributed by atoms with Gasteiger partial charge in [-0.15, -0.1) is 0 Å². The topological polar surface area (TPSA) is 116 Å². The first-order valence-corrected chi connectivity index (χ1v) is 21.4. The summed E-state index contributed by atoms with van der Waals surface area (Å²) in [6.45, 7) is 19.7. The summed E-state index contributed by atoms with van der Waals surface area (Å²) in [5, 5.41) is 9.51. The molecule has 3 atom stereocenters. The molecule has 10 nitrogen and oxygen atoms in total. The van der Waals surface area contributed by atoms with E-state index in [0.717, 1.165) is 78.9 Å². The zero-order valence-electron chi connectivity index (χ0n) is 36.4. The number of methoxy groups -OCH3 is 1. The van der Waals surface area contributed by atoms with Crippen molar-refractivity contribution >= 4 is 35.1 Å². The van der Waals surface area contributed by atoms with E-state index >= 15 is 0 Å². The zero-order valence-corrected chi connectivity index (χ0v) is 37.2. The number of likely N-dealkylation sites (N-methyl/N-ethyl adjacent to an activating group) is 1. The number of aromatic nitrogens is 1. The van der Waals surface area contributed by atoms with Crippen molar-refractivity contribution in [1.82, 2.24) is 25.4 Å². The Balaban J connectivity index is 0.000000368. The predicted molar refractivity (Wildman–Crippen MR) is 238 cm³/mol. The van der Waals surface area contributed by atoms with E-state index in [1.165, 1.54) is 35.1 Å². The van der Waals surface area contributed by atoms with Crippen LogP contribution in [0.15, 0.2) is 66.6 Å². The molecule has 1 fully saturated rings. The first kappa shape index (κ1) is 45.9. The highest BCUT2D eigenvalue weighted by Crippen LogP contribution is 2.44. The molecule has 11 heteroatoms. The molecule has 3 aliphatic rings. The second-order valence-electron chi connectivity index (χ2n) is 15.5. The standard InChI is InChI=1S/C33H35ClN4O3.C12H24N2O.C2H6/c1-7-10-23-22(11-9-14-27(23)35-31(39)26-18-37(4)20(3)38(5)33(26)40)24-12-8-13-25(30(24)34)28-17-21-16-15-19(2)29(21)32(36-28)41-6;1-4-10(3)6-7-12(5-2)8-9-13-11(15)14-12;1-2/h8-9,11-14,17-19H,3,7,10,15-16H2,1-2,4-6H3,(H,35,39);10H,4-9H2,1-3H3,(H2,13,14,15);1-2H3. The molecule has 3 heterocycles. The number of pyridine rings is 1. The van der Waals surface area contributed by atoms with Crippen molar-refractivity contribution in [2.45, 2.75) is 118 Å². The van der Waals surface area contributed by atoms with Crippen LogP contribution in [0.4, 0.5) is 10.5 Å². The van der Waals surface area contributed by atoms with Crippen LogP contribution < -0.4 is 20.7 Å². The molecule has 314 valence electrons. The minimum Gasteiger partial charge on any atom is -0.481 e. The molecule has 0 saturated carbocycles. The van der Waals surface area contributed by atoms with Gasteiger partial charge in [0.1, 0.15) is 11.4 Å². The van der Waals surface area contributed by atoms with Crippen LogP contribution in [0.1, 0.15) is 116 Å². The van der Waals surface area contributed by atoms with E-state index in [-0.39, 0.29) is 17.1 Å². The number of hydrogen-bond acceptors (Lipinski definition) is 6. The van der Waals surface area contributed by atoms with Gasteiger partial charge < -0.3 is 25.6 Å². The average Bonchev–Trinajstić information content (AvgIpc) is 3.61. The van der Waals surface area contributed by atoms with Gasteiger partial charge in [-0.1, -0.05) is 110 Å². The number of anilines is 1. The molecular weight excluding hydrogens is 748 g/mol. The van der Waals surface area contributed by atoms with Crippen LogP contribution in [0.2, 0.25) is 5.02 Å². The van der Waals surface area contributed by atoms with Crippen LogP contribution in [-0.4, -0.2) is 65.9 Å². The Morgan fingerprint density at radius 2 is 1.79 bits per heavy atom. The molecule has 0 spiro atoms. The molecule has 1 aliphatic carbocycles. The van der Waals surface area contributed by atoms with Gasteiger partial charge in [-0.25, -0.2) is 9.78 Å². The monoisotopic (exact) mass is 812 g/mol. The second-order valence-corrected chi connectivity index (χ2v) is 15.9. The van der Waals surface area contributed by atoms with Gasteiger partial charge in [-0.2, -0.15) is 0 Å². The lowest BCUT2D eigenvalue weighted by Crippen LogP contribution is -2.58. The normalized spacial score (nSPS) is 19.1. The summed E-state index contributed by atoms with van der Waals surface area (Å²) in [4.78, 5) is 45.4. The average molecular weight is 814 g/mol. The van der Waals surface area contributed by atoms with E-state index < -0.39 is 11.8 Å². The molecule has 0 bridgehead atoms. The SMILES string of the molecule is C=C1N(C)C=C(C(=O)Nc2cccc(-c3cccc(-c4cc5c(c(OC)n4)C(C)CC5)c3Cl)c2CCC)C(=O)N1C.CC.CCC(C)CCC1(CC)CCNC(=O)N1.